The van der Waals surface area contributed by atoms with Crippen molar-refractivity contribution in [3.05, 3.63) is 105 Å². The molecule has 0 N–H and O–H groups in total. The van der Waals surface area contributed by atoms with E-state index in [0.717, 1.165) is 22.3 Å². The predicted molar refractivity (Wildman–Crippen MR) is 114 cm³/mol. The lowest BCUT2D eigenvalue weighted by atomic mass is 9.48. The van der Waals surface area contributed by atoms with E-state index >= 15 is 0 Å². The van der Waals surface area contributed by atoms with Crippen LogP contribution in [-0.2, 0) is 9.59 Å². The molecule has 0 saturated carbocycles. The van der Waals surface area contributed by atoms with Gasteiger partial charge in [0.05, 0.1) is 21.9 Å². The standard InChI is InChI=1S/C25H18N2O4/c1-25-21-18-11-4-2-9-16(18)20(17-10-3-5-12-19(17)21)22(25)23(28)26(24(25)29)14-7-6-8-15(13-14)27(30)31/h2-13,20-22H,1H3. The van der Waals surface area contributed by atoms with Crippen LogP contribution in [0.25, 0.3) is 0 Å². The third-order valence-corrected chi connectivity index (χ3v) is 7.31. The fourth-order valence-electron chi connectivity index (χ4n) is 6.11. The Morgan fingerprint density at radius 1 is 0.871 bits per heavy atom. The van der Waals surface area contributed by atoms with Crippen LogP contribution >= 0.6 is 0 Å². The Morgan fingerprint density at radius 2 is 1.45 bits per heavy atom. The van der Waals surface area contributed by atoms with Crippen molar-refractivity contribution in [1.29, 1.82) is 0 Å². The first-order chi connectivity index (χ1) is 14.9. The zero-order chi connectivity index (χ0) is 21.5. The van der Waals surface area contributed by atoms with E-state index < -0.39 is 16.3 Å². The van der Waals surface area contributed by atoms with E-state index in [0.29, 0.717) is 0 Å². The summed E-state index contributed by atoms with van der Waals surface area (Å²) < 4.78 is 0. The van der Waals surface area contributed by atoms with Gasteiger partial charge in [-0.1, -0.05) is 54.6 Å². The monoisotopic (exact) mass is 410 g/mol. The number of benzene rings is 3. The summed E-state index contributed by atoms with van der Waals surface area (Å²) in [6.07, 6.45) is 0. The van der Waals surface area contributed by atoms with Crippen molar-refractivity contribution in [2.45, 2.75) is 18.8 Å². The SMILES string of the molecule is CC12C(=O)N(c3cccc([N+](=O)[O-])c3)C(=O)C1C1c3ccccc3C2c2ccccc21. The molecule has 2 atom stereocenters. The van der Waals surface area contributed by atoms with Crippen LogP contribution in [0.2, 0.25) is 0 Å². The number of amides is 2. The Hall–Kier alpha value is -3.80. The van der Waals surface area contributed by atoms with Gasteiger partial charge in [0.2, 0.25) is 11.8 Å². The molecule has 1 heterocycles. The van der Waals surface area contributed by atoms with Gasteiger partial charge in [-0.05, 0) is 35.2 Å². The van der Waals surface area contributed by atoms with Gasteiger partial charge in [-0.25, -0.2) is 4.90 Å². The number of nitro benzene ring substituents is 1. The van der Waals surface area contributed by atoms with Gasteiger partial charge in [0.15, 0.2) is 0 Å². The molecule has 1 fully saturated rings. The second-order valence-electron chi connectivity index (χ2n) is 8.68. The molecule has 3 aliphatic carbocycles. The molecule has 152 valence electrons. The molecule has 0 aromatic heterocycles. The molecule has 3 aromatic carbocycles. The molecule has 31 heavy (non-hydrogen) atoms. The van der Waals surface area contributed by atoms with Crippen LogP contribution in [-0.4, -0.2) is 16.7 Å². The molecular formula is C25H18N2O4. The molecule has 3 aromatic rings. The average Bonchev–Trinajstić information content (AvgIpc) is 2.99. The summed E-state index contributed by atoms with van der Waals surface area (Å²) in [5.41, 5.74) is 3.53. The minimum atomic E-state index is -0.949. The number of rotatable bonds is 2. The van der Waals surface area contributed by atoms with Crippen LogP contribution in [0.4, 0.5) is 11.4 Å². The van der Waals surface area contributed by atoms with Gasteiger partial charge < -0.3 is 0 Å². The third-order valence-electron chi connectivity index (χ3n) is 7.31. The predicted octanol–water partition coefficient (Wildman–Crippen LogP) is 4.38. The van der Waals surface area contributed by atoms with Crippen molar-refractivity contribution < 1.29 is 14.5 Å². The second-order valence-corrected chi connectivity index (χ2v) is 8.68. The minimum absolute atomic E-state index is 0.146. The Kier molecular flexibility index (Phi) is 3.41. The molecule has 2 unspecified atom stereocenters. The Bertz CT molecular complexity index is 1270. The van der Waals surface area contributed by atoms with Crippen molar-refractivity contribution in [2.24, 2.45) is 11.3 Å². The molecule has 7 rings (SSSR count). The second kappa shape index (κ2) is 5.88. The maximum absolute atomic E-state index is 13.9. The van der Waals surface area contributed by atoms with E-state index in [2.05, 4.69) is 24.3 Å². The van der Waals surface area contributed by atoms with Crippen LogP contribution in [0.3, 0.4) is 0 Å². The lowest BCUT2D eigenvalue weighted by molar-refractivity contribution is -0.384. The highest BCUT2D eigenvalue weighted by Crippen LogP contribution is 2.67. The van der Waals surface area contributed by atoms with Gasteiger partial charge >= 0.3 is 0 Å². The molecule has 6 nitrogen and oxygen atoms in total. The highest BCUT2D eigenvalue weighted by atomic mass is 16.6. The van der Waals surface area contributed by atoms with Crippen molar-refractivity contribution >= 4 is 23.2 Å². The first-order valence-corrected chi connectivity index (χ1v) is 10.2. The summed E-state index contributed by atoms with van der Waals surface area (Å²) in [4.78, 5) is 39.6. The first-order valence-electron chi connectivity index (χ1n) is 10.2. The smallest absolute Gasteiger partial charge is 0.271 e. The summed E-state index contributed by atoms with van der Waals surface area (Å²) in [6, 6.07) is 21.9. The van der Waals surface area contributed by atoms with E-state index in [1.165, 1.54) is 23.1 Å². The van der Waals surface area contributed by atoms with Crippen LogP contribution in [0, 0.1) is 21.4 Å². The number of carbonyl (C=O) groups is 2. The van der Waals surface area contributed by atoms with E-state index in [1.54, 1.807) is 6.07 Å². The molecule has 0 radical (unpaired) electrons. The molecule has 2 bridgehead atoms. The minimum Gasteiger partial charge on any atom is -0.274 e. The maximum Gasteiger partial charge on any atom is 0.271 e. The average molecular weight is 410 g/mol. The number of carbonyl (C=O) groups excluding carboxylic acids is 2. The van der Waals surface area contributed by atoms with Crippen LogP contribution in [0.1, 0.15) is 41.0 Å². The Balaban J connectivity index is 1.59. The van der Waals surface area contributed by atoms with E-state index in [-0.39, 0.29) is 35.0 Å². The highest BCUT2D eigenvalue weighted by molar-refractivity contribution is 6.25. The quantitative estimate of drug-likeness (QED) is 0.357. The van der Waals surface area contributed by atoms with Gasteiger partial charge in [0.1, 0.15) is 0 Å². The fraction of sp³-hybridized carbons (Fsp3) is 0.200. The van der Waals surface area contributed by atoms with Crippen molar-refractivity contribution in [3.63, 3.8) is 0 Å². The van der Waals surface area contributed by atoms with Crippen molar-refractivity contribution in [1.82, 2.24) is 0 Å². The Morgan fingerprint density at radius 3 is 2.03 bits per heavy atom. The van der Waals surface area contributed by atoms with E-state index in [1.807, 2.05) is 31.2 Å². The van der Waals surface area contributed by atoms with Gasteiger partial charge in [-0.3, -0.25) is 19.7 Å². The molecule has 1 aliphatic heterocycles. The lowest BCUT2D eigenvalue weighted by Gasteiger charge is -2.51. The number of hydrogen-bond donors (Lipinski definition) is 0. The first kappa shape index (κ1) is 18.0. The number of nitro groups is 1. The summed E-state index contributed by atoms with van der Waals surface area (Å²) >= 11 is 0. The topological polar surface area (TPSA) is 80.5 Å². The molecule has 6 heteroatoms. The fourth-order valence-corrected chi connectivity index (χ4v) is 6.11. The third kappa shape index (κ3) is 2.06. The van der Waals surface area contributed by atoms with E-state index in [9.17, 15) is 19.7 Å². The summed E-state index contributed by atoms with van der Waals surface area (Å²) in [5.74, 6) is -1.58. The summed E-state index contributed by atoms with van der Waals surface area (Å²) in [7, 11) is 0. The van der Waals surface area contributed by atoms with E-state index in [4.69, 9.17) is 0 Å². The highest BCUT2D eigenvalue weighted by Gasteiger charge is 2.68. The van der Waals surface area contributed by atoms with Crippen molar-refractivity contribution in [3.8, 4) is 0 Å². The molecule has 4 aliphatic rings. The molecule has 0 spiro atoms. The van der Waals surface area contributed by atoms with Gasteiger partial charge in [-0.2, -0.15) is 0 Å². The van der Waals surface area contributed by atoms with Crippen LogP contribution < -0.4 is 4.90 Å². The molecule has 2 amide bonds. The van der Waals surface area contributed by atoms with Gasteiger partial charge in [0, 0.05) is 24.0 Å². The molecular weight excluding hydrogens is 392 g/mol. The summed E-state index contributed by atoms with van der Waals surface area (Å²) in [6.45, 7) is 1.89. The number of hydrogen-bond acceptors (Lipinski definition) is 4. The van der Waals surface area contributed by atoms with Crippen molar-refractivity contribution in [2.75, 3.05) is 4.90 Å². The normalized spacial score (nSPS) is 27.6. The zero-order valence-electron chi connectivity index (χ0n) is 16.7. The zero-order valence-corrected chi connectivity index (χ0v) is 16.7. The largest absolute Gasteiger partial charge is 0.274 e. The number of nitrogens with zero attached hydrogens (tertiary/aromatic N) is 2. The Labute approximate surface area is 178 Å². The lowest BCUT2D eigenvalue weighted by Crippen LogP contribution is -2.49. The number of imide groups is 1. The van der Waals surface area contributed by atoms with Gasteiger partial charge in [-0.15, -0.1) is 0 Å². The van der Waals surface area contributed by atoms with Gasteiger partial charge in [0.25, 0.3) is 5.69 Å². The maximum atomic E-state index is 13.9. The van der Waals surface area contributed by atoms with Crippen LogP contribution in [0.5, 0.6) is 0 Å². The number of anilines is 1. The summed E-state index contributed by atoms with van der Waals surface area (Å²) in [5, 5.41) is 11.3. The number of non-ortho nitro benzene ring substituents is 1. The van der Waals surface area contributed by atoms with Crippen LogP contribution in [0.15, 0.2) is 72.8 Å². The molecule has 1 saturated heterocycles.